The lowest BCUT2D eigenvalue weighted by molar-refractivity contribution is -0.119. The molecule has 0 saturated heterocycles. The molecule has 0 spiro atoms. The van der Waals surface area contributed by atoms with Crippen molar-refractivity contribution in [1.29, 1.82) is 0 Å². The zero-order chi connectivity index (χ0) is 13.1. The van der Waals surface area contributed by atoms with Gasteiger partial charge in [0.15, 0.2) is 0 Å². The molecule has 0 bridgehead atoms. The van der Waals surface area contributed by atoms with Gasteiger partial charge in [-0.15, -0.1) is 0 Å². The number of hydrogen-bond donors (Lipinski definition) is 2. The second kappa shape index (κ2) is 3.49. The van der Waals surface area contributed by atoms with Gasteiger partial charge in [-0.05, 0) is 32.3 Å². The molecule has 2 N–H and O–H groups in total. The Balaban J connectivity index is 2.21. The molecule has 1 aromatic rings. The SMILES string of the molecule is Cc1coc2c1C(O)C1(C)C(=CCCC1(C)O)C2. The molecule has 3 heteroatoms. The average molecular weight is 248 g/mol. The van der Waals surface area contributed by atoms with Gasteiger partial charge in [-0.1, -0.05) is 18.6 Å². The first-order valence-corrected chi connectivity index (χ1v) is 6.55. The maximum absolute atomic E-state index is 10.8. The topological polar surface area (TPSA) is 53.6 Å². The zero-order valence-electron chi connectivity index (χ0n) is 11.2. The third kappa shape index (κ3) is 1.26. The fourth-order valence-corrected chi connectivity index (χ4v) is 3.54. The molecular weight excluding hydrogens is 228 g/mol. The molecule has 0 radical (unpaired) electrons. The lowest BCUT2D eigenvalue weighted by Crippen LogP contribution is -2.52. The summed E-state index contributed by atoms with van der Waals surface area (Å²) in [5, 5.41) is 21.5. The van der Waals surface area contributed by atoms with Gasteiger partial charge in [-0.3, -0.25) is 0 Å². The predicted octanol–water partition coefficient (Wildman–Crippen LogP) is 2.66. The number of allylic oxidation sites excluding steroid dienone is 1. The molecule has 0 aliphatic heterocycles. The normalized spacial score (nSPS) is 38.9. The molecule has 0 amide bonds. The summed E-state index contributed by atoms with van der Waals surface area (Å²) < 4.78 is 5.54. The van der Waals surface area contributed by atoms with Crippen molar-refractivity contribution in [2.45, 2.75) is 51.7 Å². The highest BCUT2D eigenvalue weighted by Crippen LogP contribution is 2.57. The molecule has 0 fully saturated rings. The largest absolute Gasteiger partial charge is 0.468 e. The van der Waals surface area contributed by atoms with Gasteiger partial charge in [-0.25, -0.2) is 0 Å². The van der Waals surface area contributed by atoms with E-state index in [0.29, 0.717) is 12.8 Å². The van der Waals surface area contributed by atoms with Crippen molar-refractivity contribution >= 4 is 0 Å². The van der Waals surface area contributed by atoms with Crippen LogP contribution in [0, 0.1) is 12.3 Å². The van der Waals surface area contributed by atoms with Crippen molar-refractivity contribution in [3.8, 4) is 0 Å². The number of furan rings is 1. The smallest absolute Gasteiger partial charge is 0.113 e. The summed E-state index contributed by atoms with van der Waals surface area (Å²) in [6.07, 6.45) is 5.41. The van der Waals surface area contributed by atoms with E-state index in [9.17, 15) is 10.2 Å². The number of rotatable bonds is 0. The van der Waals surface area contributed by atoms with Crippen molar-refractivity contribution in [2.75, 3.05) is 0 Å². The van der Waals surface area contributed by atoms with Gasteiger partial charge in [0.05, 0.1) is 18.0 Å². The lowest BCUT2D eigenvalue weighted by Gasteiger charge is -2.52. The van der Waals surface area contributed by atoms with Crippen LogP contribution in [0.5, 0.6) is 0 Å². The summed E-state index contributed by atoms with van der Waals surface area (Å²) >= 11 is 0. The van der Waals surface area contributed by atoms with E-state index in [4.69, 9.17) is 4.42 Å². The molecule has 1 aromatic heterocycles. The van der Waals surface area contributed by atoms with Crippen LogP contribution in [0.15, 0.2) is 22.3 Å². The van der Waals surface area contributed by atoms with Crippen molar-refractivity contribution in [2.24, 2.45) is 5.41 Å². The van der Waals surface area contributed by atoms with Gasteiger partial charge in [0.1, 0.15) is 5.76 Å². The minimum absolute atomic E-state index is 0.604. The Morgan fingerprint density at radius 1 is 1.39 bits per heavy atom. The quantitative estimate of drug-likeness (QED) is 0.694. The molecule has 18 heavy (non-hydrogen) atoms. The van der Waals surface area contributed by atoms with Gasteiger partial charge >= 0.3 is 0 Å². The minimum atomic E-state index is -0.877. The highest BCUT2D eigenvalue weighted by atomic mass is 16.3. The van der Waals surface area contributed by atoms with E-state index >= 15 is 0 Å². The Hall–Kier alpha value is -1.06. The van der Waals surface area contributed by atoms with E-state index < -0.39 is 17.1 Å². The molecule has 98 valence electrons. The zero-order valence-corrected chi connectivity index (χ0v) is 11.2. The van der Waals surface area contributed by atoms with Crippen molar-refractivity contribution in [1.82, 2.24) is 0 Å². The van der Waals surface area contributed by atoms with E-state index in [0.717, 1.165) is 28.9 Å². The van der Waals surface area contributed by atoms with Crippen LogP contribution < -0.4 is 0 Å². The summed E-state index contributed by atoms with van der Waals surface area (Å²) in [5.74, 6) is 0.849. The van der Waals surface area contributed by atoms with Gasteiger partial charge < -0.3 is 14.6 Å². The number of hydrogen-bond acceptors (Lipinski definition) is 3. The van der Waals surface area contributed by atoms with Crippen LogP contribution in [0.25, 0.3) is 0 Å². The van der Waals surface area contributed by atoms with Crippen LogP contribution in [-0.4, -0.2) is 15.8 Å². The van der Waals surface area contributed by atoms with Crippen LogP contribution >= 0.6 is 0 Å². The first-order chi connectivity index (χ1) is 8.38. The molecule has 0 saturated carbocycles. The fraction of sp³-hybridized carbons (Fsp3) is 0.600. The molecule has 3 nitrogen and oxygen atoms in total. The maximum atomic E-state index is 10.8. The first kappa shape index (κ1) is 12.0. The van der Waals surface area contributed by atoms with E-state index in [-0.39, 0.29) is 0 Å². The summed E-state index contributed by atoms with van der Waals surface area (Å²) in [6.45, 7) is 5.75. The third-order valence-electron chi connectivity index (χ3n) is 5.08. The summed E-state index contributed by atoms with van der Waals surface area (Å²) in [4.78, 5) is 0. The van der Waals surface area contributed by atoms with Crippen LogP contribution in [0.1, 0.15) is 49.7 Å². The molecule has 3 rings (SSSR count). The Morgan fingerprint density at radius 3 is 2.83 bits per heavy atom. The van der Waals surface area contributed by atoms with Crippen LogP contribution in [0.3, 0.4) is 0 Å². The Morgan fingerprint density at radius 2 is 2.11 bits per heavy atom. The van der Waals surface area contributed by atoms with Gasteiger partial charge in [-0.2, -0.15) is 0 Å². The molecule has 2 aliphatic carbocycles. The highest BCUT2D eigenvalue weighted by molar-refractivity contribution is 5.43. The second-order valence-corrected chi connectivity index (χ2v) is 6.08. The van der Waals surface area contributed by atoms with Crippen LogP contribution in [0.2, 0.25) is 0 Å². The van der Waals surface area contributed by atoms with Gasteiger partial charge in [0.25, 0.3) is 0 Å². The summed E-state index contributed by atoms with van der Waals surface area (Å²) in [7, 11) is 0. The van der Waals surface area contributed by atoms with E-state index in [1.165, 1.54) is 0 Å². The van der Waals surface area contributed by atoms with E-state index in [1.54, 1.807) is 6.26 Å². The summed E-state index contributed by atoms with van der Waals surface area (Å²) in [6, 6.07) is 0. The predicted molar refractivity (Wildman–Crippen MR) is 68.2 cm³/mol. The molecule has 2 aliphatic rings. The molecule has 0 aromatic carbocycles. The Labute approximate surface area is 107 Å². The minimum Gasteiger partial charge on any atom is -0.468 e. The Bertz CT molecular complexity index is 524. The molecule has 3 atom stereocenters. The van der Waals surface area contributed by atoms with E-state index in [2.05, 4.69) is 6.08 Å². The highest BCUT2D eigenvalue weighted by Gasteiger charge is 2.55. The van der Waals surface area contributed by atoms with Crippen molar-refractivity contribution in [3.05, 3.63) is 34.8 Å². The number of aliphatic hydroxyl groups excluding tert-OH is 1. The second-order valence-electron chi connectivity index (χ2n) is 6.08. The summed E-state index contributed by atoms with van der Waals surface area (Å²) in [5.41, 5.74) is 1.47. The number of fused-ring (bicyclic) bond motifs is 2. The number of aryl methyl sites for hydroxylation is 1. The average Bonchev–Trinajstić information content (AvgIpc) is 2.65. The van der Waals surface area contributed by atoms with E-state index in [1.807, 2.05) is 20.8 Å². The lowest BCUT2D eigenvalue weighted by atomic mass is 9.56. The van der Waals surface area contributed by atoms with Crippen molar-refractivity contribution < 1.29 is 14.6 Å². The standard InChI is InChI=1S/C15H20O3/c1-9-8-18-11-7-10-5-4-6-14(2,17)15(10,3)13(16)12(9)11/h5,8,13,16-17H,4,6-7H2,1-3H3. The van der Waals surface area contributed by atoms with Gasteiger partial charge in [0, 0.05) is 17.4 Å². The monoisotopic (exact) mass is 248 g/mol. The molecular formula is C15H20O3. The third-order valence-corrected chi connectivity index (χ3v) is 5.08. The molecule has 1 heterocycles. The Kier molecular flexibility index (Phi) is 2.32. The van der Waals surface area contributed by atoms with Crippen LogP contribution in [-0.2, 0) is 6.42 Å². The number of aliphatic hydroxyl groups is 2. The van der Waals surface area contributed by atoms with Crippen LogP contribution in [0.4, 0.5) is 0 Å². The molecule has 3 unspecified atom stereocenters. The van der Waals surface area contributed by atoms with Gasteiger partial charge in [0.2, 0.25) is 0 Å². The first-order valence-electron chi connectivity index (χ1n) is 6.55. The fourth-order valence-electron chi connectivity index (χ4n) is 3.54. The maximum Gasteiger partial charge on any atom is 0.113 e. The van der Waals surface area contributed by atoms with Crippen molar-refractivity contribution in [3.63, 3.8) is 0 Å².